The van der Waals surface area contributed by atoms with E-state index in [1.165, 1.54) is 24.6 Å². The number of hydrogen-bond donors (Lipinski definition) is 2. The normalized spacial score (nSPS) is 12.7. The van der Waals surface area contributed by atoms with Crippen LogP contribution in [0, 0.1) is 5.82 Å². The van der Waals surface area contributed by atoms with Crippen molar-refractivity contribution >= 4 is 23.1 Å². The van der Waals surface area contributed by atoms with Gasteiger partial charge in [0.15, 0.2) is 17.3 Å². The van der Waals surface area contributed by atoms with Crippen LogP contribution in [0.5, 0.6) is 0 Å². The van der Waals surface area contributed by atoms with Gasteiger partial charge in [-0.1, -0.05) is 29.4 Å². The number of rotatable bonds is 6. The molecule has 164 valence electrons. The summed E-state index contributed by atoms with van der Waals surface area (Å²) in [6.45, 7) is 0.773. The van der Waals surface area contributed by atoms with E-state index in [4.69, 9.17) is 5.73 Å². The number of carbonyl (C=O) groups is 1. The lowest BCUT2D eigenvalue weighted by Gasteiger charge is -2.08. The van der Waals surface area contributed by atoms with Crippen molar-refractivity contribution in [1.82, 2.24) is 24.9 Å². The van der Waals surface area contributed by atoms with Gasteiger partial charge in [-0.2, -0.15) is 5.10 Å². The number of aliphatic imine (C=N–C) groups is 1. The number of halogens is 1. The molecule has 0 saturated heterocycles. The van der Waals surface area contributed by atoms with Crippen LogP contribution in [0.4, 0.5) is 15.9 Å². The van der Waals surface area contributed by atoms with Gasteiger partial charge in [0.1, 0.15) is 23.5 Å². The van der Waals surface area contributed by atoms with Crippen LogP contribution in [-0.4, -0.2) is 43.1 Å². The third-order valence-corrected chi connectivity index (χ3v) is 4.93. The van der Waals surface area contributed by atoms with Crippen molar-refractivity contribution in [3.63, 3.8) is 0 Å². The summed E-state index contributed by atoms with van der Waals surface area (Å²) in [4.78, 5) is 25.2. The number of hydrogen-bond acceptors (Lipinski definition) is 8. The zero-order chi connectivity index (χ0) is 22.8. The van der Waals surface area contributed by atoms with Crippen LogP contribution in [-0.2, 0) is 6.54 Å². The van der Waals surface area contributed by atoms with E-state index < -0.39 is 5.91 Å². The van der Waals surface area contributed by atoms with Gasteiger partial charge in [-0.25, -0.2) is 14.4 Å². The standard InChI is InChI=1S/C22H17FN8O2/c23-14-5-2-1-4-13(14)12-31-19(15-6-3-8-25-15)10-17(29-31)21-26-11-18(20(24)28-21)27-22(32)16-7-9-33-30-16/h1-7,9-11H,8,12H2,(H,27,32)(H2,24,26,28). The molecule has 0 atom stereocenters. The second kappa shape index (κ2) is 8.46. The van der Waals surface area contributed by atoms with Crippen LogP contribution in [0.15, 0.2) is 70.5 Å². The molecule has 1 amide bonds. The summed E-state index contributed by atoms with van der Waals surface area (Å²) in [6, 6.07) is 9.71. The maximum atomic E-state index is 14.2. The Balaban J connectivity index is 1.46. The summed E-state index contributed by atoms with van der Waals surface area (Å²) in [5, 5.41) is 10.7. The maximum absolute atomic E-state index is 14.2. The first kappa shape index (κ1) is 20.2. The quantitative estimate of drug-likeness (QED) is 0.466. The molecule has 5 rings (SSSR count). The molecule has 1 aliphatic rings. The van der Waals surface area contributed by atoms with E-state index in [1.54, 1.807) is 28.9 Å². The molecule has 11 heteroatoms. The van der Waals surface area contributed by atoms with Gasteiger partial charge in [-0.15, -0.1) is 0 Å². The van der Waals surface area contributed by atoms with Crippen molar-refractivity contribution in [2.24, 2.45) is 4.99 Å². The minimum Gasteiger partial charge on any atom is -0.382 e. The number of anilines is 2. The van der Waals surface area contributed by atoms with Crippen LogP contribution in [0.25, 0.3) is 11.5 Å². The van der Waals surface area contributed by atoms with Gasteiger partial charge >= 0.3 is 0 Å². The monoisotopic (exact) mass is 444 g/mol. The van der Waals surface area contributed by atoms with E-state index in [2.05, 4.69) is 35.1 Å². The number of benzene rings is 1. The Morgan fingerprint density at radius 1 is 1.27 bits per heavy atom. The number of amides is 1. The number of nitrogen functional groups attached to an aromatic ring is 1. The van der Waals surface area contributed by atoms with Crippen LogP contribution in [0.2, 0.25) is 0 Å². The Kier molecular flexibility index (Phi) is 5.19. The molecule has 0 unspecified atom stereocenters. The largest absolute Gasteiger partial charge is 0.382 e. The lowest BCUT2D eigenvalue weighted by molar-refractivity contribution is 0.101. The molecule has 0 aliphatic carbocycles. The van der Waals surface area contributed by atoms with Gasteiger partial charge in [-0.3, -0.25) is 14.5 Å². The van der Waals surface area contributed by atoms with Crippen LogP contribution < -0.4 is 11.1 Å². The molecule has 0 saturated carbocycles. The zero-order valence-electron chi connectivity index (χ0n) is 17.1. The van der Waals surface area contributed by atoms with E-state index in [1.807, 2.05) is 12.2 Å². The van der Waals surface area contributed by atoms with Crippen LogP contribution in [0.3, 0.4) is 0 Å². The van der Waals surface area contributed by atoms with Gasteiger partial charge in [-0.05, 0) is 18.2 Å². The molecule has 33 heavy (non-hydrogen) atoms. The molecule has 0 spiro atoms. The summed E-state index contributed by atoms with van der Waals surface area (Å²) in [6.07, 6.45) is 6.49. The molecule has 3 N–H and O–H groups in total. The Labute approximate surface area is 186 Å². The highest BCUT2D eigenvalue weighted by Crippen LogP contribution is 2.23. The van der Waals surface area contributed by atoms with Crippen molar-refractivity contribution in [3.8, 4) is 11.5 Å². The smallest absolute Gasteiger partial charge is 0.277 e. The van der Waals surface area contributed by atoms with Crippen LogP contribution in [0.1, 0.15) is 21.7 Å². The molecule has 1 aliphatic heterocycles. The first-order valence-corrected chi connectivity index (χ1v) is 9.96. The molecule has 0 bridgehead atoms. The van der Waals surface area contributed by atoms with E-state index in [9.17, 15) is 9.18 Å². The van der Waals surface area contributed by atoms with Crippen molar-refractivity contribution in [3.05, 3.63) is 83.8 Å². The van der Waals surface area contributed by atoms with Gasteiger partial charge in [0.05, 0.1) is 30.7 Å². The highest BCUT2D eigenvalue weighted by molar-refractivity contribution is 6.09. The molecule has 3 aromatic heterocycles. The molecule has 10 nitrogen and oxygen atoms in total. The van der Waals surface area contributed by atoms with E-state index in [0.29, 0.717) is 23.5 Å². The average molecular weight is 444 g/mol. The Hall–Kier alpha value is -4.67. The van der Waals surface area contributed by atoms with Gasteiger partial charge in [0, 0.05) is 11.6 Å². The first-order chi connectivity index (χ1) is 16.1. The van der Waals surface area contributed by atoms with Gasteiger partial charge < -0.3 is 15.6 Å². The van der Waals surface area contributed by atoms with E-state index in [-0.39, 0.29) is 35.4 Å². The summed E-state index contributed by atoms with van der Waals surface area (Å²) in [5.41, 5.74) is 8.72. The van der Waals surface area contributed by atoms with E-state index in [0.717, 1.165) is 5.71 Å². The fourth-order valence-electron chi connectivity index (χ4n) is 3.31. The molecular weight excluding hydrogens is 427 g/mol. The SMILES string of the molecule is Nc1nc(-c2cc(C3=NCC=C3)n(Cc3ccccc3F)n2)ncc1NC(=O)c1ccon1. The summed E-state index contributed by atoms with van der Waals surface area (Å²) >= 11 is 0. The molecule has 4 aromatic rings. The first-order valence-electron chi connectivity index (χ1n) is 9.96. The minimum absolute atomic E-state index is 0.0557. The molecule has 4 heterocycles. The molecule has 0 radical (unpaired) electrons. The van der Waals surface area contributed by atoms with Crippen molar-refractivity contribution < 1.29 is 13.7 Å². The minimum atomic E-state index is -0.505. The Morgan fingerprint density at radius 2 is 2.15 bits per heavy atom. The third-order valence-electron chi connectivity index (χ3n) is 4.93. The van der Waals surface area contributed by atoms with E-state index >= 15 is 0 Å². The van der Waals surface area contributed by atoms with Crippen molar-refractivity contribution in [1.29, 1.82) is 0 Å². The van der Waals surface area contributed by atoms with Crippen molar-refractivity contribution in [2.75, 3.05) is 17.6 Å². The average Bonchev–Trinajstić information content (AvgIpc) is 3.58. The summed E-state index contributed by atoms with van der Waals surface area (Å²) < 4.78 is 20.6. The second-order valence-electron chi connectivity index (χ2n) is 7.12. The molecule has 0 fully saturated rings. The lowest BCUT2D eigenvalue weighted by atomic mass is 10.2. The second-order valence-corrected chi connectivity index (χ2v) is 7.12. The topological polar surface area (TPSA) is 137 Å². The lowest BCUT2D eigenvalue weighted by Crippen LogP contribution is -2.14. The van der Waals surface area contributed by atoms with Crippen molar-refractivity contribution in [2.45, 2.75) is 6.54 Å². The van der Waals surface area contributed by atoms with Crippen LogP contribution >= 0.6 is 0 Å². The van der Waals surface area contributed by atoms with Gasteiger partial charge in [0.25, 0.3) is 5.91 Å². The Bertz CT molecular complexity index is 1390. The zero-order valence-corrected chi connectivity index (χ0v) is 17.1. The number of nitrogens with zero attached hydrogens (tertiary/aromatic N) is 6. The number of nitrogens with one attached hydrogen (secondary N) is 1. The molecular formula is C22H17FN8O2. The summed E-state index contributed by atoms with van der Waals surface area (Å²) in [7, 11) is 0. The maximum Gasteiger partial charge on any atom is 0.277 e. The summed E-state index contributed by atoms with van der Waals surface area (Å²) in [5.74, 6) is -0.519. The predicted octanol–water partition coefficient (Wildman–Crippen LogP) is 2.71. The highest BCUT2D eigenvalue weighted by atomic mass is 19.1. The highest BCUT2D eigenvalue weighted by Gasteiger charge is 2.19. The predicted molar refractivity (Wildman–Crippen MR) is 118 cm³/mol. The number of nitrogens with two attached hydrogens (primary N) is 1. The number of carbonyl (C=O) groups excluding carboxylic acids is 1. The fraction of sp³-hybridized carbons (Fsp3) is 0.0909. The third kappa shape index (κ3) is 4.11. The Morgan fingerprint density at radius 3 is 2.88 bits per heavy atom. The molecule has 1 aromatic carbocycles. The van der Waals surface area contributed by atoms with Gasteiger partial charge in [0.2, 0.25) is 0 Å². The fourth-order valence-corrected chi connectivity index (χ4v) is 3.31. The number of aromatic nitrogens is 5. The number of allylic oxidation sites excluding steroid dienone is 1.